The van der Waals surface area contributed by atoms with E-state index in [2.05, 4.69) is 25.8 Å². The van der Waals surface area contributed by atoms with Gasteiger partial charge in [0.2, 0.25) is 0 Å². The zero-order valence-electron chi connectivity index (χ0n) is 9.41. The second-order valence-electron chi connectivity index (χ2n) is 3.66. The van der Waals surface area contributed by atoms with Crippen molar-refractivity contribution in [3.8, 4) is 0 Å². The summed E-state index contributed by atoms with van der Waals surface area (Å²) < 4.78 is 37.5. The molecule has 0 saturated heterocycles. The first-order valence-corrected chi connectivity index (χ1v) is 5.09. The first-order valence-electron chi connectivity index (χ1n) is 5.09. The van der Waals surface area contributed by atoms with E-state index in [-0.39, 0.29) is 18.2 Å². The van der Waals surface area contributed by atoms with E-state index in [0.717, 1.165) is 6.08 Å². The van der Waals surface area contributed by atoms with Crippen LogP contribution in [0.1, 0.15) is 5.69 Å². The fourth-order valence-corrected chi connectivity index (χ4v) is 1.35. The Hall–Kier alpha value is -1.96. The van der Waals surface area contributed by atoms with Crippen molar-refractivity contribution in [1.82, 2.24) is 20.8 Å². The molecule has 0 atom stereocenters. The summed E-state index contributed by atoms with van der Waals surface area (Å²) in [5.74, 6) is 0.299. The average Bonchev–Trinajstić information content (AvgIpc) is 2.28. The monoisotopic (exact) mass is 257 g/mol. The summed E-state index contributed by atoms with van der Waals surface area (Å²) >= 11 is 0. The number of hydrogen-bond donors (Lipinski definition) is 2. The van der Waals surface area contributed by atoms with Gasteiger partial charge >= 0.3 is 6.18 Å². The van der Waals surface area contributed by atoms with E-state index in [1.54, 1.807) is 6.92 Å². The molecule has 0 saturated carbocycles. The Morgan fingerprint density at radius 1 is 1.33 bits per heavy atom. The zero-order chi connectivity index (χ0) is 13.2. The average molecular weight is 257 g/mol. The summed E-state index contributed by atoms with van der Waals surface area (Å²) in [7, 11) is 0. The minimum absolute atomic E-state index is 0.0495. The van der Waals surface area contributed by atoms with Crippen molar-refractivity contribution in [1.29, 1.82) is 0 Å². The van der Waals surface area contributed by atoms with Gasteiger partial charge in [-0.05, 0) is 13.0 Å². The quantitative estimate of drug-likeness (QED) is 0.798. The molecule has 1 aliphatic rings. The van der Waals surface area contributed by atoms with Gasteiger partial charge in [-0.25, -0.2) is 15.4 Å². The van der Waals surface area contributed by atoms with Gasteiger partial charge in [0, 0.05) is 12.7 Å². The maximum atomic E-state index is 12.5. The lowest BCUT2D eigenvalue weighted by Gasteiger charge is -2.19. The van der Waals surface area contributed by atoms with Crippen LogP contribution in [0.5, 0.6) is 0 Å². The Morgan fingerprint density at radius 3 is 2.78 bits per heavy atom. The molecule has 0 radical (unpaired) electrons. The van der Waals surface area contributed by atoms with Crippen molar-refractivity contribution in [3.05, 3.63) is 29.7 Å². The number of aliphatic imine (C=N–C) groups is 1. The van der Waals surface area contributed by atoms with E-state index in [0.29, 0.717) is 5.69 Å². The van der Waals surface area contributed by atoms with Crippen LogP contribution in [0.3, 0.4) is 0 Å². The predicted molar refractivity (Wildman–Crippen MR) is 59.1 cm³/mol. The van der Waals surface area contributed by atoms with Gasteiger partial charge in [0.1, 0.15) is 5.84 Å². The lowest BCUT2D eigenvalue weighted by atomic mass is 10.2. The van der Waals surface area contributed by atoms with Gasteiger partial charge in [-0.3, -0.25) is 4.98 Å². The molecule has 0 aromatic carbocycles. The molecule has 1 aliphatic heterocycles. The Kier molecular flexibility index (Phi) is 3.28. The van der Waals surface area contributed by atoms with Crippen LogP contribution in [0, 0.1) is 6.92 Å². The molecule has 1 aromatic rings. The molecule has 8 heteroatoms. The van der Waals surface area contributed by atoms with E-state index >= 15 is 0 Å². The summed E-state index contributed by atoms with van der Waals surface area (Å²) in [5, 5.41) is 0. The van der Waals surface area contributed by atoms with Crippen LogP contribution in [-0.2, 0) is 0 Å². The Labute approximate surface area is 101 Å². The number of halogens is 3. The Morgan fingerprint density at radius 2 is 2.11 bits per heavy atom. The molecular formula is C10H10F3N5. The first-order chi connectivity index (χ1) is 8.45. The number of aryl methyl sites for hydroxylation is 1. The highest BCUT2D eigenvalue weighted by Crippen LogP contribution is 2.25. The molecule has 2 N–H and O–H groups in total. The zero-order valence-corrected chi connectivity index (χ0v) is 9.41. The number of nitrogens with one attached hydrogen (secondary N) is 2. The van der Waals surface area contributed by atoms with Gasteiger partial charge in [-0.2, -0.15) is 13.2 Å². The fraction of sp³-hybridized carbons (Fsp3) is 0.300. The van der Waals surface area contributed by atoms with E-state index in [1.165, 1.54) is 12.4 Å². The summed E-state index contributed by atoms with van der Waals surface area (Å²) in [5.41, 5.74) is 4.90. The molecule has 0 fully saturated rings. The van der Waals surface area contributed by atoms with Crippen molar-refractivity contribution in [2.45, 2.75) is 13.1 Å². The topological polar surface area (TPSA) is 62.2 Å². The molecule has 0 spiro atoms. The molecular weight excluding hydrogens is 247 g/mol. The predicted octanol–water partition coefficient (Wildman–Crippen LogP) is 1.41. The van der Waals surface area contributed by atoms with E-state index in [9.17, 15) is 13.2 Å². The molecule has 18 heavy (non-hydrogen) atoms. The highest BCUT2D eigenvalue weighted by atomic mass is 19.4. The lowest BCUT2D eigenvalue weighted by molar-refractivity contribution is -0.0933. The van der Waals surface area contributed by atoms with Gasteiger partial charge in [0.15, 0.2) is 5.82 Å². The molecule has 5 nitrogen and oxygen atoms in total. The van der Waals surface area contributed by atoms with E-state index < -0.39 is 11.7 Å². The lowest BCUT2D eigenvalue weighted by Crippen LogP contribution is -2.44. The molecule has 2 rings (SSSR count). The van der Waals surface area contributed by atoms with Gasteiger partial charge in [-0.15, -0.1) is 0 Å². The van der Waals surface area contributed by atoms with E-state index in [4.69, 9.17) is 0 Å². The standard InChI is InChI=1S/C10H10F3N5/c1-6-3-14-5-9(16-6)17-8-2-7(4-15-18-8)10(11,12)13/h2-3,5,15H,4H2,1H3,(H,16,17,18). The van der Waals surface area contributed by atoms with Crippen molar-refractivity contribution in [3.63, 3.8) is 0 Å². The molecule has 0 amide bonds. The summed E-state index contributed by atoms with van der Waals surface area (Å²) in [6.07, 6.45) is -0.515. The van der Waals surface area contributed by atoms with Crippen molar-refractivity contribution < 1.29 is 13.2 Å². The molecule has 1 aromatic heterocycles. The smallest absolute Gasteiger partial charge is 0.305 e. The number of alkyl halides is 3. The summed E-state index contributed by atoms with van der Waals surface area (Å²) in [6.45, 7) is 1.42. The second-order valence-corrected chi connectivity index (χ2v) is 3.66. The third-order valence-corrected chi connectivity index (χ3v) is 2.15. The van der Waals surface area contributed by atoms with Gasteiger partial charge < -0.3 is 5.43 Å². The normalized spacial score (nSPS) is 18.4. The number of hydrogen-bond acceptors (Lipinski definition) is 4. The second kappa shape index (κ2) is 4.73. The molecule has 96 valence electrons. The highest BCUT2D eigenvalue weighted by Gasteiger charge is 2.34. The fourth-order valence-electron chi connectivity index (χ4n) is 1.35. The van der Waals surface area contributed by atoms with Crippen molar-refractivity contribution in [2.75, 3.05) is 6.54 Å². The maximum Gasteiger partial charge on any atom is 0.414 e. The van der Waals surface area contributed by atoms with Gasteiger partial charge in [0.25, 0.3) is 0 Å². The minimum Gasteiger partial charge on any atom is -0.305 e. The number of rotatable bonds is 1. The van der Waals surface area contributed by atoms with Gasteiger partial charge in [0.05, 0.1) is 17.5 Å². The summed E-state index contributed by atoms with van der Waals surface area (Å²) in [6, 6.07) is 0. The minimum atomic E-state index is -4.37. The molecule has 2 heterocycles. The van der Waals surface area contributed by atoms with E-state index in [1.807, 2.05) is 0 Å². The van der Waals surface area contributed by atoms with Crippen LogP contribution in [-0.4, -0.2) is 28.5 Å². The number of hydrazine groups is 1. The Balaban J connectivity index is 2.28. The molecule has 0 aliphatic carbocycles. The van der Waals surface area contributed by atoms with Gasteiger partial charge in [-0.1, -0.05) is 0 Å². The molecule has 0 bridgehead atoms. The third-order valence-electron chi connectivity index (χ3n) is 2.15. The highest BCUT2D eigenvalue weighted by molar-refractivity contribution is 5.95. The van der Waals surface area contributed by atoms with Crippen LogP contribution in [0.25, 0.3) is 0 Å². The first kappa shape index (κ1) is 12.5. The number of amidine groups is 1. The maximum absolute atomic E-state index is 12.5. The van der Waals surface area contributed by atoms with Crippen LogP contribution >= 0.6 is 0 Å². The van der Waals surface area contributed by atoms with Crippen molar-refractivity contribution >= 4 is 11.7 Å². The largest absolute Gasteiger partial charge is 0.414 e. The van der Waals surface area contributed by atoms with Crippen LogP contribution in [0.2, 0.25) is 0 Å². The van der Waals surface area contributed by atoms with Crippen LogP contribution in [0.15, 0.2) is 29.0 Å². The van der Waals surface area contributed by atoms with Crippen molar-refractivity contribution in [2.24, 2.45) is 4.99 Å². The van der Waals surface area contributed by atoms with Crippen LogP contribution < -0.4 is 10.9 Å². The number of aromatic nitrogens is 2. The Bertz CT molecular complexity index is 506. The SMILES string of the molecule is Cc1cncc(N=C2C=C(C(F)(F)F)CNN2)n1. The van der Waals surface area contributed by atoms with Crippen LogP contribution in [0.4, 0.5) is 19.0 Å². The summed E-state index contributed by atoms with van der Waals surface area (Å²) in [4.78, 5) is 11.8. The third kappa shape index (κ3) is 3.04. The molecule has 0 unspecified atom stereocenters. The number of nitrogens with zero attached hydrogens (tertiary/aromatic N) is 3.